The standard InChI is InChI=1S/C41H44F2N6O6/c1-6-23-9-7-10-24-15-27(54-22-51-5)16-28(31(23)24)34-33(43)35-32-36(46-38(45-35)53-21-41-13-8-14-47(41)18-25(42)17-41)48-19-26-11-12-29(30(48)20-52-37(32)44-34)49(26)39(50)55-40(2,3)4/h1,7,9-10,15-16,25-26,29-30H,8,11-14,17-22H2,2-5H3/t25-,26-,29+,30+,41+/m0/s1. The molecule has 0 radical (unpaired) electrons. The molecule has 0 unspecified atom stereocenters. The zero-order chi connectivity index (χ0) is 38.2. The van der Waals surface area contributed by atoms with Crippen molar-refractivity contribution < 1.29 is 37.3 Å². The van der Waals surface area contributed by atoms with Gasteiger partial charge in [-0.1, -0.05) is 18.1 Å². The number of anilines is 1. The third-order valence-corrected chi connectivity index (χ3v) is 11.7. The Bertz CT molecular complexity index is 2240. The number of nitrogens with zero attached hydrogens (tertiary/aromatic N) is 6. The van der Waals surface area contributed by atoms with Gasteiger partial charge in [0.1, 0.15) is 53.2 Å². The van der Waals surface area contributed by atoms with E-state index in [1.807, 2.05) is 43.9 Å². The number of benzene rings is 2. The first-order chi connectivity index (χ1) is 26.5. The Kier molecular flexibility index (Phi) is 8.65. The van der Waals surface area contributed by atoms with Crippen LogP contribution in [-0.4, -0.2) is 113 Å². The van der Waals surface area contributed by atoms with Gasteiger partial charge in [0.25, 0.3) is 0 Å². The molecule has 288 valence electrons. The summed E-state index contributed by atoms with van der Waals surface area (Å²) in [5.41, 5.74) is -0.287. The van der Waals surface area contributed by atoms with Crippen LogP contribution in [0.5, 0.6) is 17.6 Å². The number of alkyl halides is 1. The Labute approximate surface area is 318 Å². The van der Waals surface area contributed by atoms with Gasteiger partial charge in [-0.2, -0.15) is 9.97 Å². The van der Waals surface area contributed by atoms with E-state index < -0.39 is 23.1 Å². The number of amides is 1. The van der Waals surface area contributed by atoms with Gasteiger partial charge in [0, 0.05) is 43.1 Å². The van der Waals surface area contributed by atoms with Gasteiger partial charge in [-0.05, 0) is 76.6 Å². The van der Waals surface area contributed by atoms with Crippen molar-refractivity contribution in [1.82, 2.24) is 24.8 Å². The number of carbonyl (C=O) groups is 1. The SMILES string of the molecule is C#Cc1cccc2cc(OCOC)cc(-c3nc4c5c(nc(OC[C@]67CCCN6C[C@@H](F)C7)nc5c3F)N3C[C@@H]5CC[C@H]([C@H]3CO4)N5C(=O)OC(C)(C)C)c12. The van der Waals surface area contributed by atoms with Gasteiger partial charge < -0.3 is 28.6 Å². The summed E-state index contributed by atoms with van der Waals surface area (Å²) in [5.74, 6) is 3.01. The summed E-state index contributed by atoms with van der Waals surface area (Å²) in [6.07, 6.45) is 8.25. The Hall–Kier alpha value is -5.00. The summed E-state index contributed by atoms with van der Waals surface area (Å²) in [5, 5.41) is 1.63. The molecule has 0 spiro atoms. The maximum Gasteiger partial charge on any atom is 0.410 e. The van der Waals surface area contributed by atoms with Crippen LogP contribution in [0.2, 0.25) is 0 Å². The number of halogens is 2. The van der Waals surface area contributed by atoms with Gasteiger partial charge in [-0.3, -0.25) is 9.80 Å². The first-order valence-corrected chi connectivity index (χ1v) is 19.0. The zero-order valence-corrected chi connectivity index (χ0v) is 31.4. The molecule has 4 aromatic rings. The highest BCUT2D eigenvalue weighted by Gasteiger charge is 2.52. The first kappa shape index (κ1) is 35.7. The Morgan fingerprint density at radius 2 is 1.96 bits per heavy atom. The van der Waals surface area contributed by atoms with Crippen molar-refractivity contribution in [3.05, 3.63) is 41.7 Å². The summed E-state index contributed by atoms with van der Waals surface area (Å²) in [4.78, 5) is 34.2. The lowest BCUT2D eigenvalue weighted by molar-refractivity contribution is 0.00537. The monoisotopic (exact) mass is 754 g/mol. The molecule has 55 heavy (non-hydrogen) atoms. The fourth-order valence-electron chi connectivity index (χ4n) is 9.47. The highest BCUT2D eigenvalue weighted by Crippen LogP contribution is 2.47. The Morgan fingerprint density at radius 1 is 1.11 bits per heavy atom. The molecule has 1 amide bonds. The van der Waals surface area contributed by atoms with Crippen molar-refractivity contribution in [2.75, 3.05) is 51.7 Å². The molecule has 2 aromatic carbocycles. The van der Waals surface area contributed by atoms with Gasteiger partial charge in [0.05, 0.1) is 23.7 Å². The molecule has 0 N–H and O–H groups in total. The minimum Gasteiger partial charge on any atom is -0.475 e. The number of hydrogen-bond acceptors (Lipinski definition) is 11. The molecule has 5 atom stereocenters. The number of methoxy groups -OCH3 is 1. The number of piperazine rings is 1. The van der Waals surface area contributed by atoms with Gasteiger partial charge in [-0.25, -0.2) is 18.6 Å². The molecular formula is C41H44F2N6O6. The number of carbonyl (C=O) groups excluding carboxylic acids is 1. The number of aromatic nitrogens is 3. The van der Waals surface area contributed by atoms with Gasteiger partial charge in [-0.15, -0.1) is 6.42 Å². The average Bonchev–Trinajstić information content (AvgIpc) is 3.76. The van der Waals surface area contributed by atoms with Gasteiger partial charge in [0.15, 0.2) is 12.6 Å². The van der Waals surface area contributed by atoms with Crippen LogP contribution in [0.15, 0.2) is 30.3 Å². The van der Waals surface area contributed by atoms with Crippen LogP contribution in [0, 0.1) is 18.2 Å². The second kappa shape index (κ2) is 13.3. The summed E-state index contributed by atoms with van der Waals surface area (Å²) in [6.45, 7) is 7.40. The van der Waals surface area contributed by atoms with Gasteiger partial charge in [0.2, 0.25) is 5.88 Å². The maximum atomic E-state index is 17.5. The third-order valence-electron chi connectivity index (χ3n) is 11.7. The minimum absolute atomic E-state index is 0.0260. The molecule has 5 aliphatic rings. The van der Waals surface area contributed by atoms with Gasteiger partial charge >= 0.3 is 12.1 Å². The topological polar surface area (TPSA) is 112 Å². The van der Waals surface area contributed by atoms with Crippen LogP contribution in [-0.2, 0) is 9.47 Å². The molecule has 5 aliphatic heterocycles. The van der Waals surface area contributed by atoms with Crippen molar-refractivity contribution in [2.45, 2.75) is 88.3 Å². The number of hydrogen-bond donors (Lipinski definition) is 0. The molecule has 2 bridgehead atoms. The molecule has 4 saturated heterocycles. The highest BCUT2D eigenvalue weighted by atomic mass is 19.1. The Morgan fingerprint density at radius 3 is 2.76 bits per heavy atom. The predicted octanol–water partition coefficient (Wildman–Crippen LogP) is 6.25. The van der Waals surface area contributed by atoms with E-state index in [1.54, 1.807) is 12.1 Å². The number of pyridine rings is 1. The van der Waals surface area contributed by atoms with E-state index in [9.17, 15) is 9.18 Å². The van der Waals surface area contributed by atoms with E-state index in [2.05, 4.69) is 15.7 Å². The minimum atomic E-state index is -0.944. The van der Waals surface area contributed by atoms with Crippen molar-refractivity contribution in [3.63, 3.8) is 0 Å². The highest BCUT2D eigenvalue weighted by molar-refractivity contribution is 6.04. The van der Waals surface area contributed by atoms with Crippen LogP contribution < -0.4 is 19.1 Å². The summed E-state index contributed by atoms with van der Waals surface area (Å²) in [6, 6.07) is 8.18. The largest absolute Gasteiger partial charge is 0.475 e. The smallest absolute Gasteiger partial charge is 0.410 e. The lowest BCUT2D eigenvalue weighted by atomic mass is 9.95. The molecule has 12 nitrogen and oxygen atoms in total. The van der Waals surface area contributed by atoms with E-state index in [0.717, 1.165) is 37.6 Å². The van der Waals surface area contributed by atoms with Crippen LogP contribution >= 0.6 is 0 Å². The summed E-state index contributed by atoms with van der Waals surface area (Å²) in [7, 11) is 1.52. The summed E-state index contributed by atoms with van der Waals surface area (Å²) < 4.78 is 62.1. The van der Waals surface area contributed by atoms with Crippen LogP contribution in [0.3, 0.4) is 0 Å². The van der Waals surface area contributed by atoms with Crippen molar-refractivity contribution in [2.24, 2.45) is 0 Å². The third kappa shape index (κ3) is 6.03. The lowest BCUT2D eigenvalue weighted by Crippen LogP contribution is -2.63. The average molecular weight is 755 g/mol. The number of ether oxygens (including phenoxy) is 5. The van der Waals surface area contributed by atoms with Crippen LogP contribution in [0.25, 0.3) is 32.9 Å². The fraction of sp³-hybridized carbons (Fsp3) is 0.512. The Balaban J connectivity index is 1.20. The maximum absolute atomic E-state index is 17.5. The predicted molar refractivity (Wildman–Crippen MR) is 201 cm³/mol. The zero-order valence-electron chi connectivity index (χ0n) is 31.4. The quantitative estimate of drug-likeness (QED) is 0.158. The first-order valence-electron chi connectivity index (χ1n) is 19.0. The molecule has 2 aromatic heterocycles. The lowest BCUT2D eigenvalue weighted by Gasteiger charge is -2.46. The van der Waals surface area contributed by atoms with E-state index in [4.69, 9.17) is 45.1 Å². The normalized spacial score (nSPS) is 25.7. The molecule has 0 aliphatic carbocycles. The fourth-order valence-corrected chi connectivity index (χ4v) is 9.47. The number of terminal acetylenes is 1. The van der Waals surface area contributed by atoms with E-state index in [-0.39, 0.29) is 67.3 Å². The van der Waals surface area contributed by atoms with E-state index >= 15 is 4.39 Å². The van der Waals surface area contributed by atoms with Crippen LogP contribution in [0.1, 0.15) is 58.4 Å². The molecule has 14 heteroatoms. The molecular weight excluding hydrogens is 710 g/mol. The summed E-state index contributed by atoms with van der Waals surface area (Å²) >= 11 is 0. The number of fused-ring (bicyclic) bond motifs is 7. The number of rotatable bonds is 7. The molecule has 4 fully saturated rings. The molecule has 9 rings (SSSR count). The van der Waals surface area contributed by atoms with Crippen molar-refractivity contribution in [1.29, 1.82) is 0 Å². The van der Waals surface area contributed by atoms with Crippen molar-refractivity contribution in [3.8, 4) is 41.2 Å². The van der Waals surface area contributed by atoms with E-state index in [1.165, 1.54) is 7.11 Å². The second-order valence-corrected chi connectivity index (χ2v) is 16.3. The van der Waals surface area contributed by atoms with Crippen molar-refractivity contribution >= 4 is 33.6 Å². The second-order valence-electron chi connectivity index (χ2n) is 16.3. The van der Waals surface area contributed by atoms with Crippen LogP contribution in [0.4, 0.5) is 19.4 Å². The molecule has 7 heterocycles. The molecule has 0 saturated carbocycles. The van der Waals surface area contributed by atoms with E-state index in [0.29, 0.717) is 53.0 Å².